The van der Waals surface area contributed by atoms with Crippen molar-refractivity contribution in [1.29, 1.82) is 0 Å². The zero-order valence-corrected chi connectivity index (χ0v) is 17.5. The molecular formula is C23H36O4. The van der Waals surface area contributed by atoms with Crippen LogP contribution in [-0.2, 0) is 14.3 Å². The molecule has 0 saturated heterocycles. The maximum atomic E-state index is 13.5. The van der Waals surface area contributed by atoms with Crippen LogP contribution < -0.4 is 0 Å². The van der Waals surface area contributed by atoms with Crippen molar-refractivity contribution in [3.05, 3.63) is 0 Å². The fraction of sp³-hybridized carbons (Fsp3) is 0.913. The molecule has 0 spiro atoms. The Labute approximate surface area is 163 Å². The lowest BCUT2D eigenvalue weighted by Crippen LogP contribution is -2.52. The van der Waals surface area contributed by atoms with Crippen molar-refractivity contribution in [3.8, 4) is 0 Å². The molecule has 0 heterocycles. The SMILES string of the molecule is CC(C(=O)O)C(C(=O)OC1(C)C2CCC(C2)C1(C)C)C1C2CCC(C2)C1C. The predicted molar refractivity (Wildman–Crippen MR) is 103 cm³/mol. The monoisotopic (exact) mass is 376 g/mol. The van der Waals surface area contributed by atoms with Gasteiger partial charge in [-0.2, -0.15) is 0 Å². The normalized spacial score (nSPS) is 46.4. The summed E-state index contributed by atoms with van der Waals surface area (Å²) in [7, 11) is 0. The Morgan fingerprint density at radius 3 is 2.15 bits per heavy atom. The van der Waals surface area contributed by atoms with Crippen molar-refractivity contribution in [2.75, 3.05) is 0 Å². The summed E-state index contributed by atoms with van der Waals surface area (Å²) < 4.78 is 6.35. The molecule has 27 heavy (non-hydrogen) atoms. The molecule has 4 fully saturated rings. The summed E-state index contributed by atoms with van der Waals surface area (Å²) in [4.78, 5) is 25.4. The highest BCUT2D eigenvalue weighted by atomic mass is 16.6. The van der Waals surface area contributed by atoms with Crippen molar-refractivity contribution in [2.24, 2.45) is 52.8 Å². The van der Waals surface area contributed by atoms with Gasteiger partial charge in [0, 0.05) is 5.41 Å². The van der Waals surface area contributed by atoms with Gasteiger partial charge in [0.1, 0.15) is 5.60 Å². The fourth-order valence-corrected chi connectivity index (χ4v) is 7.65. The number of aliphatic carboxylic acids is 1. The highest BCUT2D eigenvalue weighted by Crippen LogP contribution is 2.63. The third kappa shape index (κ3) is 2.61. The second-order valence-electron chi connectivity index (χ2n) is 10.9. The molecular weight excluding hydrogens is 340 g/mol. The van der Waals surface area contributed by atoms with Crippen molar-refractivity contribution in [1.82, 2.24) is 0 Å². The van der Waals surface area contributed by atoms with E-state index in [9.17, 15) is 14.7 Å². The van der Waals surface area contributed by atoms with Crippen molar-refractivity contribution < 1.29 is 19.4 Å². The molecule has 9 atom stereocenters. The summed E-state index contributed by atoms with van der Waals surface area (Å²) >= 11 is 0. The van der Waals surface area contributed by atoms with Gasteiger partial charge in [-0.25, -0.2) is 0 Å². The molecule has 4 aliphatic carbocycles. The molecule has 4 bridgehead atoms. The third-order valence-corrected chi connectivity index (χ3v) is 9.85. The average molecular weight is 377 g/mol. The lowest BCUT2D eigenvalue weighted by Gasteiger charge is -2.48. The molecule has 0 radical (unpaired) electrons. The maximum Gasteiger partial charge on any atom is 0.310 e. The second-order valence-corrected chi connectivity index (χ2v) is 10.9. The van der Waals surface area contributed by atoms with Crippen LogP contribution in [0.3, 0.4) is 0 Å². The van der Waals surface area contributed by atoms with Crippen LogP contribution >= 0.6 is 0 Å². The molecule has 9 unspecified atom stereocenters. The van der Waals surface area contributed by atoms with Crippen LogP contribution in [0.4, 0.5) is 0 Å². The minimum absolute atomic E-state index is 0.0388. The number of carbonyl (C=O) groups excluding carboxylic acids is 1. The summed E-state index contributed by atoms with van der Waals surface area (Å²) in [6.45, 7) is 10.5. The summed E-state index contributed by atoms with van der Waals surface area (Å²) in [6, 6.07) is 0. The van der Waals surface area contributed by atoms with Crippen LogP contribution in [0.1, 0.15) is 73.1 Å². The van der Waals surface area contributed by atoms with E-state index in [1.54, 1.807) is 6.92 Å². The molecule has 0 aromatic carbocycles. The van der Waals surface area contributed by atoms with Crippen molar-refractivity contribution in [2.45, 2.75) is 78.7 Å². The predicted octanol–water partition coefficient (Wildman–Crippen LogP) is 4.76. The number of carbonyl (C=O) groups is 2. The number of hydrogen-bond acceptors (Lipinski definition) is 3. The number of carboxylic acids is 1. The Hall–Kier alpha value is -1.06. The van der Waals surface area contributed by atoms with Crippen molar-refractivity contribution in [3.63, 3.8) is 0 Å². The van der Waals surface area contributed by atoms with Gasteiger partial charge in [-0.1, -0.05) is 27.7 Å². The Morgan fingerprint density at radius 1 is 1.00 bits per heavy atom. The van der Waals surface area contributed by atoms with Crippen molar-refractivity contribution >= 4 is 11.9 Å². The van der Waals surface area contributed by atoms with E-state index in [-0.39, 0.29) is 17.3 Å². The number of carboxylic acid groups (broad SMARTS) is 1. The van der Waals surface area contributed by atoms with Gasteiger partial charge in [0.2, 0.25) is 0 Å². The van der Waals surface area contributed by atoms with Crippen LogP contribution in [0.15, 0.2) is 0 Å². The van der Waals surface area contributed by atoms with Gasteiger partial charge in [-0.15, -0.1) is 0 Å². The van der Waals surface area contributed by atoms with Crippen LogP contribution in [0.25, 0.3) is 0 Å². The summed E-state index contributed by atoms with van der Waals surface area (Å²) in [5, 5.41) is 9.74. The van der Waals surface area contributed by atoms with E-state index in [0.717, 1.165) is 25.7 Å². The molecule has 4 rings (SSSR count). The van der Waals surface area contributed by atoms with Gasteiger partial charge in [0.15, 0.2) is 0 Å². The molecule has 0 aliphatic heterocycles. The first-order chi connectivity index (χ1) is 12.6. The molecule has 0 amide bonds. The van der Waals surface area contributed by atoms with E-state index in [2.05, 4.69) is 27.7 Å². The smallest absolute Gasteiger partial charge is 0.310 e. The lowest BCUT2D eigenvalue weighted by molar-refractivity contribution is -0.192. The zero-order valence-electron chi connectivity index (χ0n) is 17.5. The highest BCUT2D eigenvalue weighted by molar-refractivity contribution is 5.81. The molecule has 1 N–H and O–H groups in total. The Kier molecular flexibility index (Phi) is 4.44. The van der Waals surface area contributed by atoms with Gasteiger partial charge in [-0.05, 0) is 81.0 Å². The minimum atomic E-state index is -0.871. The standard InChI is InChI=1S/C23H36O4/c1-12-14-6-7-15(10-14)18(12)19(13(2)20(24)25)21(26)27-23(5)17-9-8-16(11-17)22(23,3)4/h12-19H,6-11H2,1-5H3,(H,24,25). The van der Waals surface area contributed by atoms with Crippen LogP contribution in [0, 0.1) is 52.8 Å². The number of fused-ring (bicyclic) bond motifs is 4. The van der Waals surface area contributed by atoms with E-state index in [1.165, 1.54) is 12.8 Å². The van der Waals surface area contributed by atoms with E-state index < -0.39 is 23.4 Å². The quantitative estimate of drug-likeness (QED) is 0.703. The minimum Gasteiger partial charge on any atom is -0.481 e. The number of esters is 1. The number of ether oxygens (including phenoxy) is 1. The zero-order chi connectivity index (χ0) is 19.7. The summed E-state index contributed by atoms with van der Waals surface area (Å²) in [6.07, 6.45) is 7.03. The first-order valence-corrected chi connectivity index (χ1v) is 11.0. The molecule has 0 aromatic heterocycles. The molecule has 4 aliphatic rings. The van der Waals surface area contributed by atoms with Gasteiger partial charge in [-0.3, -0.25) is 9.59 Å². The highest BCUT2D eigenvalue weighted by Gasteiger charge is 2.64. The number of hydrogen-bond donors (Lipinski definition) is 1. The largest absolute Gasteiger partial charge is 0.481 e. The summed E-state index contributed by atoms with van der Waals surface area (Å²) in [5.41, 5.74) is -0.507. The van der Waals surface area contributed by atoms with E-state index in [4.69, 9.17) is 4.74 Å². The first-order valence-electron chi connectivity index (χ1n) is 11.0. The Morgan fingerprint density at radius 2 is 1.63 bits per heavy atom. The van der Waals surface area contributed by atoms with E-state index in [1.807, 2.05) is 0 Å². The first kappa shape index (κ1) is 19.3. The lowest BCUT2D eigenvalue weighted by atomic mass is 9.65. The molecule has 4 heteroatoms. The van der Waals surface area contributed by atoms with Gasteiger partial charge >= 0.3 is 11.9 Å². The van der Waals surface area contributed by atoms with E-state index >= 15 is 0 Å². The molecule has 4 nitrogen and oxygen atoms in total. The molecule has 152 valence electrons. The maximum absolute atomic E-state index is 13.5. The van der Waals surface area contributed by atoms with Gasteiger partial charge < -0.3 is 9.84 Å². The Bertz CT molecular complexity index is 638. The van der Waals surface area contributed by atoms with Crippen LogP contribution in [-0.4, -0.2) is 22.6 Å². The second kappa shape index (κ2) is 6.22. The summed E-state index contributed by atoms with van der Waals surface area (Å²) in [5.74, 6) is 0.445. The third-order valence-electron chi connectivity index (χ3n) is 9.85. The average Bonchev–Trinajstić information content (AvgIpc) is 3.33. The topological polar surface area (TPSA) is 63.6 Å². The van der Waals surface area contributed by atoms with E-state index in [0.29, 0.717) is 29.6 Å². The Balaban J connectivity index is 1.61. The molecule has 4 saturated carbocycles. The van der Waals surface area contributed by atoms with Crippen LogP contribution in [0.5, 0.6) is 0 Å². The van der Waals surface area contributed by atoms with Gasteiger partial charge in [0.05, 0.1) is 11.8 Å². The van der Waals surface area contributed by atoms with Gasteiger partial charge in [0.25, 0.3) is 0 Å². The fourth-order valence-electron chi connectivity index (χ4n) is 7.65. The van der Waals surface area contributed by atoms with Crippen LogP contribution in [0.2, 0.25) is 0 Å². The number of rotatable bonds is 5. The molecule has 0 aromatic rings.